The summed E-state index contributed by atoms with van der Waals surface area (Å²) in [5.41, 5.74) is 6.74. The van der Waals surface area contributed by atoms with Crippen LogP contribution in [0.2, 0.25) is 0 Å². The highest BCUT2D eigenvalue weighted by atomic mass is 15.3. The Kier molecular flexibility index (Phi) is 4.81. The van der Waals surface area contributed by atoms with Gasteiger partial charge in [0.25, 0.3) is 0 Å². The number of nitrogens with zero attached hydrogens (tertiary/aromatic N) is 4. The fourth-order valence-corrected chi connectivity index (χ4v) is 1.79. The molecule has 0 aliphatic rings. The lowest BCUT2D eigenvalue weighted by Gasteiger charge is -2.26. The van der Waals surface area contributed by atoms with Crippen LogP contribution in [0.4, 0.5) is 11.5 Å². The van der Waals surface area contributed by atoms with Crippen molar-refractivity contribution in [1.82, 2.24) is 14.7 Å². The number of hydrogen-bond acceptors (Lipinski definition) is 4. The summed E-state index contributed by atoms with van der Waals surface area (Å²) in [5.74, 6) is 1.50. The minimum absolute atomic E-state index is 0.596. The molecule has 0 aromatic carbocycles. The predicted molar refractivity (Wildman–Crippen MR) is 73.2 cm³/mol. The van der Waals surface area contributed by atoms with Gasteiger partial charge in [0.1, 0.15) is 0 Å². The van der Waals surface area contributed by atoms with Crippen LogP contribution in [0.25, 0.3) is 0 Å². The van der Waals surface area contributed by atoms with Crippen molar-refractivity contribution >= 4 is 11.5 Å². The summed E-state index contributed by atoms with van der Waals surface area (Å²) in [4.78, 5) is 4.44. The van der Waals surface area contributed by atoms with Gasteiger partial charge in [0.15, 0.2) is 5.82 Å². The van der Waals surface area contributed by atoms with Gasteiger partial charge in [-0.1, -0.05) is 13.8 Å². The van der Waals surface area contributed by atoms with E-state index in [2.05, 4.69) is 42.8 Å². The van der Waals surface area contributed by atoms with E-state index in [1.165, 1.54) is 0 Å². The normalized spacial score (nSPS) is 11.5. The molecule has 0 radical (unpaired) electrons. The number of nitrogen functional groups attached to an aromatic ring is 1. The molecule has 0 saturated carbocycles. The van der Waals surface area contributed by atoms with Gasteiger partial charge in [-0.05, 0) is 20.0 Å². The van der Waals surface area contributed by atoms with E-state index in [-0.39, 0.29) is 0 Å². The van der Waals surface area contributed by atoms with Gasteiger partial charge in [-0.3, -0.25) is 4.68 Å². The Morgan fingerprint density at radius 2 is 2.00 bits per heavy atom. The number of aromatic nitrogens is 2. The van der Waals surface area contributed by atoms with Crippen molar-refractivity contribution in [3.63, 3.8) is 0 Å². The van der Waals surface area contributed by atoms with E-state index in [1.54, 1.807) is 4.68 Å². The third kappa shape index (κ3) is 4.26. The van der Waals surface area contributed by atoms with E-state index in [0.29, 0.717) is 5.92 Å². The summed E-state index contributed by atoms with van der Waals surface area (Å²) in [6.07, 6.45) is 1.86. The molecule has 0 fully saturated rings. The van der Waals surface area contributed by atoms with Crippen LogP contribution in [0.1, 0.15) is 13.8 Å². The zero-order valence-electron chi connectivity index (χ0n) is 11.6. The van der Waals surface area contributed by atoms with Crippen LogP contribution < -0.4 is 10.6 Å². The third-order valence-electron chi connectivity index (χ3n) is 2.54. The largest absolute Gasteiger partial charge is 0.394 e. The summed E-state index contributed by atoms with van der Waals surface area (Å²) >= 11 is 0. The summed E-state index contributed by atoms with van der Waals surface area (Å²) in [6, 6.07) is 0. The van der Waals surface area contributed by atoms with Gasteiger partial charge in [0, 0.05) is 32.9 Å². The van der Waals surface area contributed by atoms with Crippen molar-refractivity contribution in [3.05, 3.63) is 6.20 Å². The molecule has 0 unspecified atom stereocenters. The first kappa shape index (κ1) is 13.8. The van der Waals surface area contributed by atoms with E-state index in [1.807, 2.05) is 13.2 Å². The highest BCUT2D eigenvalue weighted by Gasteiger charge is 2.15. The molecule has 0 atom stereocenters. The van der Waals surface area contributed by atoms with Gasteiger partial charge in [-0.25, -0.2) is 0 Å². The molecule has 0 spiro atoms. The maximum Gasteiger partial charge on any atom is 0.173 e. The molecule has 1 aromatic heterocycles. The fraction of sp³-hybridized carbons (Fsp3) is 0.750. The number of likely N-dealkylation sites (N-methyl/N-ethyl adjacent to an activating group) is 1. The summed E-state index contributed by atoms with van der Waals surface area (Å²) in [6.45, 7) is 7.35. The fourth-order valence-electron chi connectivity index (χ4n) is 1.79. The Hall–Kier alpha value is -1.23. The van der Waals surface area contributed by atoms with Crippen LogP contribution in [-0.4, -0.2) is 48.4 Å². The predicted octanol–water partition coefficient (Wildman–Crippen LogP) is 1.03. The van der Waals surface area contributed by atoms with Crippen molar-refractivity contribution in [2.45, 2.75) is 13.8 Å². The first-order valence-electron chi connectivity index (χ1n) is 6.09. The van der Waals surface area contributed by atoms with Crippen LogP contribution in [0.15, 0.2) is 6.20 Å². The SMILES string of the molecule is CC(C)CN(CCN(C)C)c1nn(C)cc1N. The zero-order chi connectivity index (χ0) is 13.0. The van der Waals surface area contributed by atoms with Crippen molar-refractivity contribution in [2.75, 3.05) is 44.4 Å². The first-order valence-corrected chi connectivity index (χ1v) is 6.09. The van der Waals surface area contributed by atoms with E-state index in [9.17, 15) is 0 Å². The average molecular weight is 239 g/mol. The summed E-state index contributed by atoms with van der Waals surface area (Å²) in [5, 5.41) is 4.44. The Labute approximate surface area is 104 Å². The lowest BCUT2D eigenvalue weighted by molar-refractivity contribution is 0.408. The van der Waals surface area contributed by atoms with Crippen molar-refractivity contribution in [2.24, 2.45) is 13.0 Å². The molecule has 2 N–H and O–H groups in total. The van der Waals surface area contributed by atoms with Crippen LogP contribution in [-0.2, 0) is 7.05 Å². The smallest absolute Gasteiger partial charge is 0.173 e. The van der Waals surface area contributed by atoms with Gasteiger partial charge in [-0.15, -0.1) is 0 Å². The first-order chi connectivity index (χ1) is 7.90. The van der Waals surface area contributed by atoms with Crippen LogP contribution >= 0.6 is 0 Å². The molecule has 1 heterocycles. The highest BCUT2D eigenvalue weighted by molar-refractivity contribution is 5.61. The lowest BCUT2D eigenvalue weighted by Crippen LogP contribution is -2.35. The maximum absolute atomic E-state index is 5.99. The zero-order valence-corrected chi connectivity index (χ0v) is 11.6. The number of rotatable bonds is 6. The van der Waals surface area contributed by atoms with Crippen molar-refractivity contribution < 1.29 is 0 Å². The van der Waals surface area contributed by atoms with Gasteiger partial charge < -0.3 is 15.5 Å². The molecule has 0 aliphatic heterocycles. The highest BCUT2D eigenvalue weighted by Crippen LogP contribution is 2.21. The molecular weight excluding hydrogens is 214 g/mol. The van der Waals surface area contributed by atoms with Crippen LogP contribution in [0, 0.1) is 5.92 Å². The lowest BCUT2D eigenvalue weighted by atomic mass is 10.2. The third-order valence-corrected chi connectivity index (χ3v) is 2.54. The topological polar surface area (TPSA) is 50.3 Å². The van der Waals surface area contributed by atoms with E-state index in [4.69, 9.17) is 5.73 Å². The minimum Gasteiger partial charge on any atom is -0.394 e. The molecule has 0 amide bonds. The number of anilines is 2. The summed E-state index contributed by atoms with van der Waals surface area (Å²) in [7, 11) is 6.06. The number of hydrogen-bond donors (Lipinski definition) is 1. The van der Waals surface area contributed by atoms with Crippen LogP contribution in [0.5, 0.6) is 0 Å². The standard InChI is InChI=1S/C12H25N5/c1-10(2)8-17(7-6-15(3)4)12-11(13)9-16(5)14-12/h9-10H,6-8,13H2,1-5H3. The van der Waals surface area contributed by atoms with Crippen molar-refractivity contribution in [1.29, 1.82) is 0 Å². The van der Waals surface area contributed by atoms with E-state index >= 15 is 0 Å². The van der Waals surface area contributed by atoms with Crippen molar-refractivity contribution in [3.8, 4) is 0 Å². The van der Waals surface area contributed by atoms with E-state index < -0.39 is 0 Å². The summed E-state index contributed by atoms with van der Waals surface area (Å²) < 4.78 is 1.77. The van der Waals surface area contributed by atoms with Gasteiger partial charge in [0.05, 0.1) is 5.69 Å². The molecule has 0 aliphatic carbocycles. The quantitative estimate of drug-likeness (QED) is 0.805. The second-order valence-electron chi connectivity index (χ2n) is 5.22. The van der Waals surface area contributed by atoms with Crippen LogP contribution in [0.3, 0.4) is 0 Å². The maximum atomic E-state index is 5.99. The number of nitrogens with two attached hydrogens (primary N) is 1. The minimum atomic E-state index is 0.596. The molecule has 17 heavy (non-hydrogen) atoms. The van der Waals surface area contributed by atoms with E-state index in [0.717, 1.165) is 31.1 Å². The molecule has 98 valence electrons. The molecular formula is C12H25N5. The molecule has 1 aromatic rings. The molecule has 0 bridgehead atoms. The average Bonchev–Trinajstić information content (AvgIpc) is 2.51. The van der Waals surface area contributed by atoms with Gasteiger partial charge in [-0.2, -0.15) is 5.10 Å². The molecule has 0 saturated heterocycles. The second-order valence-corrected chi connectivity index (χ2v) is 5.22. The number of aryl methyl sites for hydroxylation is 1. The Morgan fingerprint density at radius 1 is 1.35 bits per heavy atom. The molecule has 5 heteroatoms. The Morgan fingerprint density at radius 3 is 2.41 bits per heavy atom. The second kappa shape index (κ2) is 5.91. The Balaban J connectivity index is 2.78. The molecule has 1 rings (SSSR count). The van der Waals surface area contributed by atoms with Gasteiger partial charge >= 0.3 is 0 Å². The molecule has 5 nitrogen and oxygen atoms in total. The Bertz CT molecular complexity index is 343. The monoisotopic (exact) mass is 239 g/mol. The van der Waals surface area contributed by atoms with Gasteiger partial charge in [0.2, 0.25) is 0 Å².